The van der Waals surface area contributed by atoms with E-state index in [0.29, 0.717) is 25.4 Å². The normalized spacial score (nSPS) is 14.5. The molecule has 176 valence electrons. The monoisotopic (exact) mass is 443 g/mol. The fraction of sp³-hybridized carbons (Fsp3) is 0.600. The van der Waals surface area contributed by atoms with Gasteiger partial charge in [-0.3, -0.25) is 9.69 Å². The minimum Gasteiger partial charge on any atom is -0.463 e. The molecule has 1 atom stereocenters. The zero-order valence-electron chi connectivity index (χ0n) is 19.6. The molecule has 3 rings (SSSR count). The second kappa shape index (κ2) is 12.0. The van der Waals surface area contributed by atoms with E-state index in [1.165, 1.54) is 12.8 Å². The van der Waals surface area contributed by atoms with Gasteiger partial charge in [0.2, 0.25) is 5.88 Å². The Morgan fingerprint density at radius 1 is 1.22 bits per heavy atom. The van der Waals surface area contributed by atoms with Crippen molar-refractivity contribution in [2.24, 2.45) is 5.92 Å². The summed E-state index contributed by atoms with van der Waals surface area (Å²) in [5.74, 6) is 1.19. The van der Waals surface area contributed by atoms with Crippen molar-refractivity contribution in [2.75, 3.05) is 37.7 Å². The Bertz CT molecular complexity index is 831. The van der Waals surface area contributed by atoms with E-state index in [4.69, 9.17) is 9.26 Å². The molecule has 1 aliphatic carbocycles. The number of carbonyl (C=O) groups is 1. The molecule has 2 aromatic rings. The molecule has 0 radical (unpaired) electrons. The summed E-state index contributed by atoms with van der Waals surface area (Å²) in [6.07, 6.45) is 2.83. The summed E-state index contributed by atoms with van der Waals surface area (Å²) in [7, 11) is 0. The van der Waals surface area contributed by atoms with Crippen molar-refractivity contribution in [3.8, 4) is 11.3 Å². The molecule has 1 aromatic heterocycles. The highest BCUT2D eigenvalue weighted by Crippen LogP contribution is 2.35. The van der Waals surface area contributed by atoms with Crippen molar-refractivity contribution in [3.05, 3.63) is 35.9 Å². The van der Waals surface area contributed by atoms with Gasteiger partial charge in [0, 0.05) is 44.7 Å². The number of aromatic nitrogens is 1. The van der Waals surface area contributed by atoms with Gasteiger partial charge in [0.15, 0.2) is 0 Å². The second-order valence-corrected chi connectivity index (χ2v) is 8.58. The Balaban J connectivity index is 1.79. The zero-order valence-corrected chi connectivity index (χ0v) is 19.6. The van der Waals surface area contributed by atoms with Crippen molar-refractivity contribution in [1.82, 2.24) is 10.1 Å². The molecular formula is C25H37N3O4. The van der Waals surface area contributed by atoms with Crippen molar-refractivity contribution < 1.29 is 19.2 Å². The number of carbonyl (C=O) groups excluding carboxylic acids is 1. The number of hydrogen-bond donors (Lipinski definition) is 1. The number of nitrogens with zero attached hydrogens (tertiary/aromatic N) is 3. The van der Waals surface area contributed by atoms with Gasteiger partial charge in [0.1, 0.15) is 18.4 Å². The van der Waals surface area contributed by atoms with Crippen LogP contribution in [0.1, 0.15) is 52.0 Å². The first kappa shape index (κ1) is 24.3. The predicted molar refractivity (Wildman–Crippen MR) is 125 cm³/mol. The number of anilines is 1. The molecule has 1 aromatic carbocycles. The average Bonchev–Trinajstić information content (AvgIpc) is 3.52. The Labute approximate surface area is 191 Å². The third-order valence-corrected chi connectivity index (χ3v) is 5.82. The van der Waals surface area contributed by atoms with Crippen LogP contribution in [0.15, 0.2) is 34.9 Å². The number of aliphatic hydroxyl groups is 1. The minimum absolute atomic E-state index is 0.0259. The molecule has 0 spiro atoms. The van der Waals surface area contributed by atoms with Crippen LogP contribution < -0.4 is 4.90 Å². The van der Waals surface area contributed by atoms with Crippen LogP contribution in [-0.2, 0) is 16.1 Å². The zero-order chi connectivity index (χ0) is 22.9. The van der Waals surface area contributed by atoms with E-state index < -0.39 is 6.10 Å². The maximum Gasteiger partial charge on any atom is 0.305 e. The fourth-order valence-corrected chi connectivity index (χ4v) is 3.93. The quantitative estimate of drug-likeness (QED) is 0.440. The van der Waals surface area contributed by atoms with E-state index in [1.54, 1.807) is 0 Å². The molecule has 1 aliphatic rings. The van der Waals surface area contributed by atoms with Crippen LogP contribution >= 0.6 is 0 Å². The van der Waals surface area contributed by atoms with E-state index in [9.17, 15) is 9.90 Å². The Morgan fingerprint density at radius 2 is 1.94 bits per heavy atom. The molecule has 7 nitrogen and oxygen atoms in total. The molecule has 1 fully saturated rings. The van der Waals surface area contributed by atoms with Crippen LogP contribution in [0.3, 0.4) is 0 Å². The number of esters is 1. The van der Waals surface area contributed by atoms with Crippen molar-refractivity contribution in [3.63, 3.8) is 0 Å². The molecule has 1 heterocycles. The summed E-state index contributed by atoms with van der Waals surface area (Å²) in [6, 6.07) is 10.1. The molecule has 0 amide bonds. The Hall–Kier alpha value is -2.38. The van der Waals surface area contributed by atoms with Crippen LogP contribution in [0, 0.1) is 5.92 Å². The first-order valence-electron chi connectivity index (χ1n) is 11.9. The smallest absolute Gasteiger partial charge is 0.305 e. The lowest BCUT2D eigenvalue weighted by atomic mass is 10.1. The van der Waals surface area contributed by atoms with E-state index in [0.717, 1.165) is 48.8 Å². The highest BCUT2D eigenvalue weighted by atomic mass is 16.5. The molecular weight excluding hydrogens is 406 g/mol. The number of aliphatic hydroxyl groups excluding tert-OH is 1. The Morgan fingerprint density at radius 3 is 2.56 bits per heavy atom. The molecule has 32 heavy (non-hydrogen) atoms. The van der Waals surface area contributed by atoms with Gasteiger partial charge in [-0.25, -0.2) is 0 Å². The fourth-order valence-electron chi connectivity index (χ4n) is 3.93. The lowest BCUT2D eigenvalue weighted by molar-refractivity contribution is -0.147. The highest BCUT2D eigenvalue weighted by molar-refractivity contribution is 5.69. The second-order valence-electron chi connectivity index (χ2n) is 8.58. The summed E-state index contributed by atoms with van der Waals surface area (Å²) in [4.78, 5) is 16.1. The summed E-state index contributed by atoms with van der Waals surface area (Å²) < 4.78 is 11.1. The van der Waals surface area contributed by atoms with E-state index in [2.05, 4.69) is 28.8 Å². The van der Waals surface area contributed by atoms with Crippen molar-refractivity contribution in [1.29, 1.82) is 0 Å². The van der Waals surface area contributed by atoms with Crippen molar-refractivity contribution in [2.45, 2.75) is 59.1 Å². The van der Waals surface area contributed by atoms with Gasteiger partial charge in [-0.1, -0.05) is 42.4 Å². The van der Waals surface area contributed by atoms with Gasteiger partial charge in [-0.2, -0.15) is 0 Å². The maximum atomic E-state index is 11.7. The molecule has 7 heteroatoms. The molecule has 0 saturated heterocycles. The summed E-state index contributed by atoms with van der Waals surface area (Å²) >= 11 is 0. The van der Waals surface area contributed by atoms with E-state index >= 15 is 0 Å². The number of benzene rings is 1. The van der Waals surface area contributed by atoms with Gasteiger partial charge in [-0.15, -0.1) is 0 Å². The van der Waals surface area contributed by atoms with Crippen LogP contribution in [-0.4, -0.2) is 60.0 Å². The van der Waals surface area contributed by atoms with Gasteiger partial charge in [0.25, 0.3) is 0 Å². The van der Waals surface area contributed by atoms with Gasteiger partial charge in [-0.05, 0) is 39.0 Å². The van der Waals surface area contributed by atoms with Gasteiger partial charge in [0.05, 0.1) is 5.56 Å². The van der Waals surface area contributed by atoms with E-state index in [-0.39, 0.29) is 12.6 Å². The van der Waals surface area contributed by atoms with Gasteiger partial charge >= 0.3 is 5.97 Å². The standard InChI is InChI=1S/C25H37N3O4/c1-4-10-23(30)31-18-21(29)16-27(15-19-13-14-19)17-22-24(20-11-8-7-9-12-20)26-32-25(22)28(5-2)6-3/h7-9,11-12,19,21,29H,4-6,10,13-18H2,1-3H3/t21-/m0/s1. The highest BCUT2D eigenvalue weighted by Gasteiger charge is 2.29. The topological polar surface area (TPSA) is 79.0 Å². The molecule has 0 bridgehead atoms. The first-order valence-corrected chi connectivity index (χ1v) is 11.9. The molecule has 1 saturated carbocycles. The number of hydrogen-bond acceptors (Lipinski definition) is 7. The lowest BCUT2D eigenvalue weighted by Gasteiger charge is -2.26. The minimum atomic E-state index is -0.730. The van der Waals surface area contributed by atoms with Crippen LogP contribution in [0.4, 0.5) is 5.88 Å². The predicted octanol–water partition coefficient (Wildman–Crippen LogP) is 4.10. The number of rotatable bonds is 14. The average molecular weight is 444 g/mol. The SMILES string of the molecule is CCCC(=O)OC[C@@H](O)CN(Cc1c(-c2ccccc2)noc1N(CC)CC)CC1CC1. The maximum absolute atomic E-state index is 11.7. The third-order valence-electron chi connectivity index (χ3n) is 5.82. The third kappa shape index (κ3) is 6.81. The summed E-state index contributed by atoms with van der Waals surface area (Å²) in [5.41, 5.74) is 2.90. The number of ether oxygens (including phenoxy) is 1. The first-order chi connectivity index (χ1) is 15.5. The van der Waals surface area contributed by atoms with E-state index in [1.807, 2.05) is 37.3 Å². The molecule has 0 unspecified atom stereocenters. The Kier molecular flexibility index (Phi) is 9.11. The molecule has 1 N–H and O–H groups in total. The van der Waals surface area contributed by atoms with Crippen LogP contribution in [0.2, 0.25) is 0 Å². The molecule has 0 aliphatic heterocycles. The van der Waals surface area contributed by atoms with Crippen LogP contribution in [0.25, 0.3) is 11.3 Å². The largest absolute Gasteiger partial charge is 0.463 e. The summed E-state index contributed by atoms with van der Waals surface area (Å²) in [6.45, 7) is 9.78. The summed E-state index contributed by atoms with van der Waals surface area (Å²) in [5, 5.41) is 15.0. The van der Waals surface area contributed by atoms with Gasteiger partial charge < -0.3 is 19.3 Å². The van der Waals surface area contributed by atoms with Crippen LogP contribution in [0.5, 0.6) is 0 Å². The van der Waals surface area contributed by atoms with Crippen molar-refractivity contribution >= 4 is 11.9 Å². The lowest BCUT2D eigenvalue weighted by Crippen LogP contribution is -2.37.